The normalized spacial score (nSPS) is 10.8. The Bertz CT molecular complexity index is 738. The third-order valence-electron chi connectivity index (χ3n) is 3.28. The van der Waals surface area contributed by atoms with E-state index in [-0.39, 0.29) is 5.78 Å². The highest BCUT2D eigenvalue weighted by Crippen LogP contribution is 2.21. The number of carbonyl (C=O) groups excluding carboxylic acids is 1. The Balaban J connectivity index is 2.17. The van der Waals surface area contributed by atoms with Crippen LogP contribution in [0.2, 0.25) is 0 Å². The second kappa shape index (κ2) is 4.69. The van der Waals surface area contributed by atoms with Gasteiger partial charge in [-0.2, -0.15) is 5.10 Å². The molecule has 1 heterocycles. The Hall–Kier alpha value is -2.42. The van der Waals surface area contributed by atoms with Gasteiger partial charge in [-0.05, 0) is 23.8 Å². The summed E-state index contributed by atoms with van der Waals surface area (Å²) in [7, 11) is 0. The summed E-state index contributed by atoms with van der Waals surface area (Å²) in [6, 6.07) is 15.5. The van der Waals surface area contributed by atoms with Crippen LogP contribution in [0.1, 0.15) is 23.0 Å². The van der Waals surface area contributed by atoms with Crippen LogP contribution in [0.25, 0.3) is 10.8 Å². The maximum absolute atomic E-state index is 12.6. The van der Waals surface area contributed by atoms with E-state index in [0.717, 1.165) is 16.3 Å². The summed E-state index contributed by atoms with van der Waals surface area (Å²) in [6.45, 7) is 2.67. The highest BCUT2D eigenvalue weighted by atomic mass is 16.1. The zero-order chi connectivity index (χ0) is 13.2. The largest absolute Gasteiger partial charge is 0.287 e. The van der Waals surface area contributed by atoms with Crippen LogP contribution in [0.3, 0.4) is 0 Å². The first-order valence-corrected chi connectivity index (χ1v) is 6.35. The molecule has 94 valence electrons. The second-order valence-electron chi connectivity index (χ2n) is 4.39. The van der Waals surface area contributed by atoms with Crippen LogP contribution in [-0.4, -0.2) is 15.6 Å². The number of aryl methyl sites for hydroxylation is 1. The lowest BCUT2D eigenvalue weighted by atomic mass is 10.00. The first-order valence-electron chi connectivity index (χ1n) is 6.35. The summed E-state index contributed by atoms with van der Waals surface area (Å²) in [5.74, 6) is 0.0242. The molecule has 3 heteroatoms. The van der Waals surface area contributed by atoms with E-state index in [4.69, 9.17) is 0 Å². The van der Waals surface area contributed by atoms with Crippen molar-refractivity contribution in [3.05, 3.63) is 66.0 Å². The number of fused-ring (bicyclic) bond motifs is 1. The van der Waals surface area contributed by atoms with E-state index in [1.165, 1.54) is 0 Å². The number of hydrogen-bond donors (Lipinski definition) is 0. The maximum atomic E-state index is 12.6. The number of hydrogen-bond acceptors (Lipinski definition) is 2. The summed E-state index contributed by atoms with van der Waals surface area (Å²) in [6.07, 6.45) is 1.67. The minimum Gasteiger partial charge on any atom is -0.287 e. The minimum absolute atomic E-state index is 0.0242. The van der Waals surface area contributed by atoms with Gasteiger partial charge < -0.3 is 0 Å². The average Bonchev–Trinajstić information content (AvgIpc) is 2.94. The van der Waals surface area contributed by atoms with E-state index in [1.807, 2.05) is 49.4 Å². The molecule has 2 aromatic carbocycles. The summed E-state index contributed by atoms with van der Waals surface area (Å²) in [5, 5.41) is 6.22. The molecule has 0 spiro atoms. The molecule has 0 atom stereocenters. The molecule has 0 fully saturated rings. The number of aromatic nitrogens is 2. The van der Waals surface area contributed by atoms with Gasteiger partial charge in [-0.3, -0.25) is 9.48 Å². The van der Waals surface area contributed by atoms with E-state index in [2.05, 4.69) is 5.10 Å². The number of nitrogens with zero attached hydrogens (tertiary/aromatic N) is 2. The summed E-state index contributed by atoms with van der Waals surface area (Å²) >= 11 is 0. The van der Waals surface area contributed by atoms with Crippen molar-refractivity contribution in [2.45, 2.75) is 13.5 Å². The Morgan fingerprint density at radius 1 is 1.11 bits per heavy atom. The predicted molar refractivity (Wildman–Crippen MR) is 75.3 cm³/mol. The fourth-order valence-corrected chi connectivity index (χ4v) is 2.34. The van der Waals surface area contributed by atoms with Crippen molar-refractivity contribution >= 4 is 16.6 Å². The van der Waals surface area contributed by atoms with Crippen molar-refractivity contribution in [1.82, 2.24) is 9.78 Å². The van der Waals surface area contributed by atoms with Gasteiger partial charge in [0.2, 0.25) is 5.78 Å². The van der Waals surface area contributed by atoms with E-state index in [0.29, 0.717) is 12.2 Å². The SMILES string of the molecule is CCn1nccc1C(=O)c1cccc2ccccc12. The third-order valence-corrected chi connectivity index (χ3v) is 3.28. The Morgan fingerprint density at radius 3 is 2.74 bits per heavy atom. The number of benzene rings is 2. The summed E-state index contributed by atoms with van der Waals surface area (Å²) in [5.41, 5.74) is 1.37. The predicted octanol–water partition coefficient (Wildman–Crippen LogP) is 3.29. The number of carbonyl (C=O) groups is 1. The smallest absolute Gasteiger partial charge is 0.211 e. The quantitative estimate of drug-likeness (QED) is 0.668. The molecule has 3 aromatic rings. The highest BCUT2D eigenvalue weighted by molar-refractivity contribution is 6.15. The molecular formula is C16H14N2O. The molecule has 0 aliphatic heterocycles. The minimum atomic E-state index is 0.0242. The van der Waals surface area contributed by atoms with Crippen molar-refractivity contribution in [2.24, 2.45) is 0 Å². The standard InChI is InChI=1S/C16H14N2O/c1-2-18-15(10-11-17-18)16(19)14-9-5-7-12-6-3-4-8-13(12)14/h3-11H,2H2,1H3. The Labute approximate surface area is 111 Å². The molecule has 0 radical (unpaired) electrons. The monoisotopic (exact) mass is 250 g/mol. The van der Waals surface area contributed by atoms with Crippen LogP contribution in [-0.2, 0) is 6.54 Å². The van der Waals surface area contributed by atoms with Crippen LogP contribution in [0, 0.1) is 0 Å². The Kier molecular flexibility index (Phi) is 2.88. The van der Waals surface area contributed by atoms with Crippen LogP contribution >= 0.6 is 0 Å². The van der Waals surface area contributed by atoms with Gasteiger partial charge in [0.05, 0.1) is 0 Å². The van der Waals surface area contributed by atoms with E-state index < -0.39 is 0 Å². The first-order chi connectivity index (χ1) is 9.31. The van der Waals surface area contributed by atoms with Gasteiger partial charge >= 0.3 is 0 Å². The van der Waals surface area contributed by atoms with Crippen LogP contribution in [0.4, 0.5) is 0 Å². The Morgan fingerprint density at radius 2 is 1.89 bits per heavy atom. The molecule has 0 saturated heterocycles. The molecule has 0 N–H and O–H groups in total. The second-order valence-corrected chi connectivity index (χ2v) is 4.39. The molecule has 0 aliphatic carbocycles. The zero-order valence-corrected chi connectivity index (χ0v) is 10.7. The molecule has 3 rings (SSSR count). The fourth-order valence-electron chi connectivity index (χ4n) is 2.34. The van der Waals surface area contributed by atoms with Crippen molar-refractivity contribution in [1.29, 1.82) is 0 Å². The molecular weight excluding hydrogens is 236 g/mol. The van der Waals surface area contributed by atoms with Crippen LogP contribution in [0.5, 0.6) is 0 Å². The van der Waals surface area contributed by atoms with Gasteiger partial charge in [-0.1, -0.05) is 42.5 Å². The molecule has 1 aromatic heterocycles. The van der Waals surface area contributed by atoms with Crippen molar-refractivity contribution < 1.29 is 4.79 Å². The van der Waals surface area contributed by atoms with Gasteiger partial charge in [0.25, 0.3) is 0 Å². The molecule has 19 heavy (non-hydrogen) atoms. The lowest BCUT2D eigenvalue weighted by molar-refractivity contribution is 0.103. The van der Waals surface area contributed by atoms with Crippen molar-refractivity contribution in [2.75, 3.05) is 0 Å². The summed E-state index contributed by atoms with van der Waals surface area (Å²) < 4.78 is 1.73. The topological polar surface area (TPSA) is 34.9 Å². The van der Waals surface area contributed by atoms with E-state index in [9.17, 15) is 4.79 Å². The van der Waals surface area contributed by atoms with Crippen LogP contribution in [0.15, 0.2) is 54.7 Å². The summed E-state index contributed by atoms with van der Waals surface area (Å²) in [4.78, 5) is 12.6. The maximum Gasteiger partial charge on any atom is 0.211 e. The van der Waals surface area contributed by atoms with E-state index in [1.54, 1.807) is 16.9 Å². The van der Waals surface area contributed by atoms with Crippen LogP contribution < -0.4 is 0 Å². The lowest BCUT2D eigenvalue weighted by Gasteiger charge is -2.07. The average molecular weight is 250 g/mol. The zero-order valence-electron chi connectivity index (χ0n) is 10.7. The van der Waals surface area contributed by atoms with Gasteiger partial charge in [-0.25, -0.2) is 0 Å². The molecule has 0 amide bonds. The highest BCUT2D eigenvalue weighted by Gasteiger charge is 2.15. The van der Waals surface area contributed by atoms with Gasteiger partial charge in [0, 0.05) is 18.3 Å². The van der Waals surface area contributed by atoms with Gasteiger partial charge in [0.1, 0.15) is 5.69 Å². The number of ketones is 1. The van der Waals surface area contributed by atoms with Gasteiger partial charge in [-0.15, -0.1) is 0 Å². The third kappa shape index (κ3) is 1.93. The van der Waals surface area contributed by atoms with E-state index >= 15 is 0 Å². The van der Waals surface area contributed by atoms with Crippen molar-refractivity contribution in [3.63, 3.8) is 0 Å². The molecule has 0 saturated carbocycles. The molecule has 0 aliphatic rings. The fraction of sp³-hybridized carbons (Fsp3) is 0.125. The number of rotatable bonds is 3. The molecule has 0 unspecified atom stereocenters. The molecule has 0 bridgehead atoms. The molecule has 3 nitrogen and oxygen atoms in total. The van der Waals surface area contributed by atoms with Gasteiger partial charge in [0.15, 0.2) is 0 Å². The first kappa shape index (κ1) is 11.7. The lowest BCUT2D eigenvalue weighted by Crippen LogP contribution is -2.10. The van der Waals surface area contributed by atoms with Crippen molar-refractivity contribution in [3.8, 4) is 0 Å².